The monoisotopic (exact) mass is 368 g/mol. The van der Waals surface area contributed by atoms with Gasteiger partial charge in [-0.3, -0.25) is 0 Å². The van der Waals surface area contributed by atoms with Crippen molar-refractivity contribution >= 4 is 29.4 Å². The van der Waals surface area contributed by atoms with Gasteiger partial charge in [0.05, 0.1) is 0 Å². The van der Waals surface area contributed by atoms with Crippen molar-refractivity contribution in [3.05, 3.63) is 0 Å². The zero-order valence-electron chi connectivity index (χ0n) is 14.8. The van der Waals surface area contributed by atoms with E-state index >= 15 is 0 Å². The standard InChI is InChI=1S/C12H24B4N2O8/c19-13-23-7-5-17-11(9-25-15-21)3-1-2-4-12(10-26-16-22)18-6-8-24-14-20/h11-12,17-18H,1-10H2. The zero-order chi connectivity index (χ0) is 19.3. The Morgan fingerprint density at radius 1 is 0.615 bits per heavy atom. The Morgan fingerprint density at radius 3 is 1.35 bits per heavy atom. The molecule has 0 fully saturated rings. The Labute approximate surface area is 155 Å². The third-order valence-electron chi connectivity index (χ3n) is 3.53. The molecule has 0 radical (unpaired) electrons. The first-order chi connectivity index (χ1) is 12.8. The van der Waals surface area contributed by atoms with Crippen LogP contribution in [0.1, 0.15) is 25.7 Å². The van der Waals surface area contributed by atoms with E-state index < -0.39 is 0 Å². The summed E-state index contributed by atoms with van der Waals surface area (Å²) in [6.45, 7) is 1.92. The van der Waals surface area contributed by atoms with Crippen LogP contribution in [-0.4, -0.2) is 81.0 Å². The molecule has 2 N–H and O–H groups in total. The summed E-state index contributed by atoms with van der Waals surface area (Å²) >= 11 is 0. The first-order valence-electron chi connectivity index (χ1n) is 8.46. The van der Waals surface area contributed by atoms with Gasteiger partial charge in [-0.15, -0.1) is 0 Å². The van der Waals surface area contributed by atoms with Gasteiger partial charge >= 0.3 is 155 Å². The van der Waals surface area contributed by atoms with Gasteiger partial charge in [0.2, 0.25) is 0 Å². The minimum atomic E-state index is -0.0333. The van der Waals surface area contributed by atoms with Crippen LogP contribution in [0.2, 0.25) is 0 Å². The predicted molar refractivity (Wildman–Crippen MR) is 91.6 cm³/mol. The Kier molecular flexibility index (Phi) is 18.8. The van der Waals surface area contributed by atoms with Crippen molar-refractivity contribution in [1.29, 1.82) is 0 Å². The third kappa shape index (κ3) is 16.1. The van der Waals surface area contributed by atoms with Crippen LogP contribution in [0.3, 0.4) is 0 Å². The Morgan fingerprint density at radius 2 is 1.00 bits per heavy atom. The normalized spacial score (nSPS) is 11.8. The number of nitrogens with one attached hydrogen (secondary N) is 2. The molecular weight excluding hydrogens is 343 g/mol. The van der Waals surface area contributed by atoms with Crippen molar-refractivity contribution in [3.63, 3.8) is 0 Å². The van der Waals surface area contributed by atoms with Crippen LogP contribution >= 0.6 is 0 Å². The zero-order valence-corrected chi connectivity index (χ0v) is 14.8. The molecule has 2 unspecified atom stereocenters. The van der Waals surface area contributed by atoms with Crippen molar-refractivity contribution in [3.8, 4) is 0 Å². The minimum absolute atomic E-state index is 0.0333. The van der Waals surface area contributed by atoms with Gasteiger partial charge in [0.25, 0.3) is 0 Å². The fourth-order valence-electron chi connectivity index (χ4n) is 2.32. The molecule has 0 spiro atoms. The van der Waals surface area contributed by atoms with E-state index in [0.29, 0.717) is 42.5 Å². The summed E-state index contributed by atoms with van der Waals surface area (Å²) in [5.41, 5.74) is 0. The Hall–Kier alpha value is -1.42. The molecule has 26 heavy (non-hydrogen) atoms. The van der Waals surface area contributed by atoms with Gasteiger partial charge in [0.1, 0.15) is 0 Å². The van der Waals surface area contributed by atoms with E-state index in [0.717, 1.165) is 25.7 Å². The molecule has 0 saturated heterocycles. The van der Waals surface area contributed by atoms with E-state index in [1.54, 1.807) is 0 Å². The average molecular weight is 368 g/mol. The SMILES string of the molecule is O=BOCCNC(CCCCC(COB=O)NCCOB=O)COB=O. The Bertz CT molecular complexity index is 349. The van der Waals surface area contributed by atoms with Crippen LogP contribution in [0.15, 0.2) is 0 Å². The van der Waals surface area contributed by atoms with Crippen LogP contribution in [0.5, 0.6) is 0 Å². The van der Waals surface area contributed by atoms with Crippen molar-refractivity contribution in [2.75, 3.05) is 39.5 Å². The van der Waals surface area contributed by atoms with E-state index in [1.807, 2.05) is 0 Å². The molecule has 0 aromatic rings. The van der Waals surface area contributed by atoms with Crippen LogP contribution in [0.25, 0.3) is 0 Å². The van der Waals surface area contributed by atoms with Crippen LogP contribution in [0.4, 0.5) is 0 Å². The second-order valence-corrected chi connectivity index (χ2v) is 5.38. The number of rotatable bonds is 21. The van der Waals surface area contributed by atoms with E-state index in [-0.39, 0.29) is 38.5 Å². The molecule has 0 aliphatic rings. The van der Waals surface area contributed by atoms with Crippen LogP contribution in [0, 0.1) is 0 Å². The van der Waals surface area contributed by atoms with Crippen molar-refractivity contribution in [2.45, 2.75) is 37.8 Å². The molecule has 0 amide bonds. The van der Waals surface area contributed by atoms with Crippen molar-refractivity contribution in [2.24, 2.45) is 0 Å². The summed E-state index contributed by atoms with van der Waals surface area (Å²) in [5.74, 6) is 0. The molecule has 0 aliphatic heterocycles. The first kappa shape index (κ1) is 24.6. The summed E-state index contributed by atoms with van der Waals surface area (Å²) < 4.78 is 59.7. The molecule has 0 aliphatic carbocycles. The van der Waals surface area contributed by atoms with E-state index in [2.05, 4.69) is 19.9 Å². The molecular formula is C12H24B4N2O8. The fraction of sp³-hybridized carbons (Fsp3) is 1.00. The average Bonchev–Trinajstić information content (AvgIpc) is 2.66. The Balaban J connectivity index is 4.06. The molecule has 0 aromatic heterocycles. The molecule has 0 saturated carbocycles. The summed E-state index contributed by atoms with van der Waals surface area (Å²) in [5, 5.41) is 6.31. The summed E-state index contributed by atoms with van der Waals surface area (Å²) in [4.78, 5) is 0. The number of unbranched alkanes of at least 4 members (excludes halogenated alkanes) is 1. The first-order valence-corrected chi connectivity index (χ1v) is 8.46. The topological polar surface area (TPSA) is 129 Å². The van der Waals surface area contributed by atoms with Gasteiger partial charge < -0.3 is 0 Å². The van der Waals surface area contributed by atoms with Gasteiger partial charge in [-0.25, -0.2) is 0 Å². The van der Waals surface area contributed by atoms with Gasteiger partial charge in [0, 0.05) is 0 Å². The maximum atomic E-state index is 10.3. The van der Waals surface area contributed by atoms with Gasteiger partial charge in [-0.05, 0) is 0 Å². The van der Waals surface area contributed by atoms with E-state index in [1.165, 1.54) is 0 Å². The molecule has 2 atom stereocenters. The third-order valence-corrected chi connectivity index (χ3v) is 3.53. The van der Waals surface area contributed by atoms with Gasteiger partial charge in [0.15, 0.2) is 0 Å². The summed E-state index contributed by atoms with van der Waals surface area (Å²) in [6.07, 6.45) is 3.26. The van der Waals surface area contributed by atoms with Crippen molar-refractivity contribution < 1.29 is 37.4 Å². The predicted octanol–water partition coefficient (Wildman–Crippen LogP) is -1.61. The van der Waals surface area contributed by atoms with Gasteiger partial charge in [-0.1, -0.05) is 0 Å². The van der Waals surface area contributed by atoms with E-state index in [4.69, 9.17) is 9.31 Å². The molecule has 14 heteroatoms. The second-order valence-electron chi connectivity index (χ2n) is 5.38. The van der Waals surface area contributed by atoms with Crippen LogP contribution < -0.4 is 10.6 Å². The molecule has 0 rings (SSSR count). The molecule has 0 aromatic carbocycles. The molecule has 0 bridgehead atoms. The maximum absolute atomic E-state index is 10.3. The van der Waals surface area contributed by atoms with Crippen molar-refractivity contribution in [1.82, 2.24) is 10.6 Å². The fourth-order valence-corrected chi connectivity index (χ4v) is 2.32. The molecule has 0 heterocycles. The summed E-state index contributed by atoms with van der Waals surface area (Å²) in [7, 11) is 1.56. The van der Waals surface area contributed by atoms with E-state index in [9.17, 15) is 18.8 Å². The summed E-state index contributed by atoms with van der Waals surface area (Å²) in [6, 6.07) is -0.0665. The van der Waals surface area contributed by atoms with Crippen LogP contribution in [-0.2, 0) is 37.4 Å². The quantitative estimate of drug-likeness (QED) is 0.180. The second kappa shape index (κ2) is 19.9. The van der Waals surface area contributed by atoms with Gasteiger partial charge in [-0.2, -0.15) is 0 Å². The number of hydrogen-bond donors (Lipinski definition) is 2. The molecule has 142 valence electrons. The molecule has 10 nitrogen and oxygen atoms in total. The number of hydrogen-bond acceptors (Lipinski definition) is 10.